The topological polar surface area (TPSA) is 111 Å². The van der Waals surface area contributed by atoms with Gasteiger partial charge < -0.3 is 15.7 Å². The van der Waals surface area contributed by atoms with Gasteiger partial charge in [-0.15, -0.1) is 0 Å². The first kappa shape index (κ1) is 35.5. The highest BCUT2D eigenvalue weighted by Gasteiger charge is 2.29. The van der Waals surface area contributed by atoms with Crippen LogP contribution in [0.4, 0.5) is 11.4 Å². The standard InChI is InChI=1S/C40H44Cl2N6O3/c1-25-7-2-3-16-48(25)24-29-22-44-36(20-32(29)26-12-13-26)40(51)46-34-11-5-9-31(38(34)42)30-8-4-10-33(37(30)41)45-39(50)35-19-27-14-17-47(15-6-18-49)23-28(27)21-43-35/h4-5,8-11,19-22,25-26,49H,2-3,6-7,12-18,23-24H2,1H3,(H,45,50)(H,46,51)/t25-/m1/s1. The fourth-order valence-electron chi connectivity index (χ4n) is 7.30. The molecule has 4 aromatic rings. The van der Waals surface area contributed by atoms with E-state index in [1.165, 1.54) is 30.4 Å². The van der Waals surface area contributed by atoms with Gasteiger partial charge in [0.2, 0.25) is 0 Å². The molecule has 0 unspecified atom stereocenters. The second kappa shape index (κ2) is 15.8. The minimum absolute atomic E-state index is 0.172. The summed E-state index contributed by atoms with van der Waals surface area (Å²) in [6.45, 7) is 6.88. The number of likely N-dealkylation sites (tertiary alicyclic amines) is 1. The normalized spacial score (nSPS) is 17.9. The fourth-order valence-corrected chi connectivity index (χ4v) is 7.85. The lowest BCUT2D eigenvalue weighted by atomic mass is 9.99. The highest BCUT2D eigenvalue weighted by molar-refractivity contribution is 6.40. The molecule has 1 saturated heterocycles. The number of aliphatic hydroxyl groups excluding tert-OH is 1. The quantitative estimate of drug-likeness (QED) is 0.144. The highest BCUT2D eigenvalue weighted by atomic mass is 35.5. The van der Waals surface area contributed by atoms with Crippen LogP contribution in [0.2, 0.25) is 10.0 Å². The molecule has 0 bridgehead atoms. The van der Waals surface area contributed by atoms with Crippen LogP contribution in [0.1, 0.15) is 94.6 Å². The van der Waals surface area contributed by atoms with Gasteiger partial charge in [-0.25, -0.2) is 0 Å². The van der Waals surface area contributed by atoms with Crippen LogP contribution in [-0.2, 0) is 19.5 Å². The number of nitrogens with zero attached hydrogens (tertiary/aromatic N) is 4. The average Bonchev–Trinajstić information content (AvgIpc) is 3.99. The van der Waals surface area contributed by atoms with Gasteiger partial charge in [0, 0.05) is 62.3 Å². The van der Waals surface area contributed by atoms with E-state index in [1.807, 2.05) is 36.5 Å². The largest absolute Gasteiger partial charge is 0.396 e. The number of piperidine rings is 1. The summed E-state index contributed by atoms with van der Waals surface area (Å²) >= 11 is 13.8. The van der Waals surface area contributed by atoms with Crippen LogP contribution in [0.15, 0.2) is 60.9 Å². The van der Waals surface area contributed by atoms with E-state index in [1.54, 1.807) is 24.4 Å². The van der Waals surface area contributed by atoms with E-state index >= 15 is 0 Å². The molecule has 1 saturated carbocycles. The summed E-state index contributed by atoms with van der Waals surface area (Å²) in [5, 5.41) is 15.7. The van der Waals surface area contributed by atoms with Crippen LogP contribution in [0, 0.1) is 0 Å². The summed E-state index contributed by atoms with van der Waals surface area (Å²) < 4.78 is 0. The van der Waals surface area contributed by atoms with Crippen molar-refractivity contribution in [3.05, 3.63) is 105 Å². The van der Waals surface area contributed by atoms with Gasteiger partial charge in [0.05, 0.1) is 21.4 Å². The van der Waals surface area contributed by atoms with Gasteiger partial charge in [-0.1, -0.05) is 53.9 Å². The Morgan fingerprint density at radius 3 is 2.18 bits per heavy atom. The van der Waals surface area contributed by atoms with Gasteiger partial charge in [-0.05, 0) is 104 Å². The minimum Gasteiger partial charge on any atom is -0.396 e. The first-order chi connectivity index (χ1) is 24.8. The number of nitrogens with one attached hydrogen (secondary N) is 2. The molecule has 0 spiro atoms. The van der Waals surface area contributed by atoms with Crippen molar-refractivity contribution in [1.29, 1.82) is 0 Å². The van der Waals surface area contributed by atoms with Crippen molar-refractivity contribution in [1.82, 2.24) is 19.8 Å². The Morgan fingerprint density at radius 1 is 0.863 bits per heavy atom. The van der Waals surface area contributed by atoms with E-state index in [0.29, 0.717) is 55.9 Å². The van der Waals surface area contributed by atoms with E-state index in [9.17, 15) is 9.59 Å². The molecule has 1 aliphatic carbocycles. The van der Waals surface area contributed by atoms with Crippen molar-refractivity contribution in [3.63, 3.8) is 0 Å². The number of aromatic nitrogens is 2. The van der Waals surface area contributed by atoms with E-state index in [-0.39, 0.29) is 18.4 Å². The summed E-state index contributed by atoms with van der Waals surface area (Å²) in [4.78, 5) is 40.8. The third kappa shape index (κ3) is 8.13. The maximum atomic E-state index is 13.6. The molecule has 9 nitrogen and oxygen atoms in total. The summed E-state index contributed by atoms with van der Waals surface area (Å²) in [5.41, 5.74) is 7.42. The molecule has 4 heterocycles. The van der Waals surface area contributed by atoms with Crippen LogP contribution >= 0.6 is 23.2 Å². The molecule has 2 fully saturated rings. The second-order valence-corrected chi connectivity index (χ2v) is 14.8. The predicted molar refractivity (Wildman–Crippen MR) is 203 cm³/mol. The number of carbonyl (C=O) groups excluding carboxylic acids is 2. The minimum atomic E-state index is -0.360. The molecule has 0 radical (unpaired) electrons. The number of hydrogen-bond donors (Lipinski definition) is 3. The summed E-state index contributed by atoms with van der Waals surface area (Å²) in [5.74, 6) is -0.203. The lowest BCUT2D eigenvalue weighted by Gasteiger charge is -2.33. The van der Waals surface area contributed by atoms with Crippen molar-refractivity contribution in [2.75, 3.05) is 36.9 Å². The number of anilines is 2. The molecule has 1 atom stereocenters. The van der Waals surface area contributed by atoms with E-state index in [2.05, 4.69) is 37.3 Å². The van der Waals surface area contributed by atoms with Crippen LogP contribution < -0.4 is 10.6 Å². The van der Waals surface area contributed by atoms with Crippen LogP contribution in [-0.4, -0.2) is 69.0 Å². The molecule has 51 heavy (non-hydrogen) atoms. The highest BCUT2D eigenvalue weighted by Crippen LogP contribution is 2.43. The Kier molecular flexibility index (Phi) is 11.0. The SMILES string of the molecule is C[C@@H]1CCCCN1Cc1cnc(C(=O)Nc2cccc(-c3cccc(NC(=O)c4cc5c(cn4)CN(CCCO)CC5)c3Cl)c2Cl)cc1C1CC1. The zero-order chi connectivity index (χ0) is 35.5. The first-order valence-corrected chi connectivity index (χ1v) is 18.8. The number of aliphatic hydroxyl groups is 1. The van der Waals surface area contributed by atoms with Gasteiger partial charge >= 0.3 is 0 Å². The Bertz CT molecular complexity index is 1930. The Morgan fingerprint density at radius 2 is 1.53 bits per heavy atom. The second-order valence-electron chi connectivity index (χ2n) is 14.0. The van der Waals surface area contributed by atoms with Crippen molar-refractivity contribution in [2.45, 2.75) is 76.9 Å². The summed E-state index contributed by atoms with van der Waals surface area (Å²) in [6.07, 6.45) is 11.2. The lowest BCUT2D eigenvalue weighted by Crippen LogP contribution is -2.37. The van der Waals surface area contributed by atoms with Crippen molar-refractivity contribution in [2.24, 2.45) is 0 Å². The van der Waals surface area contributed by atoms with E-state index in [0.717, 1.165) is 69.5 Å². The number of benzene rings is 2. The van der Waals surface area contributed by atoms with Crippen molar-refractivity contribution >= 4 is 46.4 Å². The van der Waals surface area contributed by atoms with Crippen molar-refractivity contribution < 1.29 is 14.7 Å². The molecule has 3 N–H and O–H groups in total. The van der Waals surface area contributed by atoms with E-state index in [4.69, 9.17) is 28.3 Å². The van der Waals surface area contributed by atoms with Crippen molar-refractivity contribution in [3.8, 4) is 11.1 Å². The lowest BCUT2D eigenvalue weighted by molar-refractivity contribution is 0.101. The third-order valence-electron chi connectivity index (χ3n) is 10.4. The maximum absolute atomic E-state index is 13.6. The van der Waals surface area contributed by atoms with Crippen LogP contribution in [0.5, 0.6) is 0 Å². The molecule has 11 heteroatoms. The van der Waals surface area contributed by atoms with Crippen LogP contribution in [0.3, 0.4) is 0 Å². The molecule has 3 aliphatic rings. The summed E-state index contributed by atoms with van der Waals surface area (Å²) in [6, 6.07) is 15.1. The monoisotopic (exact) mass is 726 g/mol. The van der Waals surface area contributed by atoms with Gasteiger partial charge in [-0.2, -0.15) is 0 Å². The number of fused-ring (bicyclic) bond motifs is 1. The Hall–Kier alpha value is -3.86. The third-order valence-corrected chi connectivity index (χ3v) is 11.2. The Balaban J connectivity index is 1.06. The molecule has 2 aliphatic heterocycles. The fraction of sp³-hybridized carbons (Fsp3) is 0.400. The van der Waals surface area contributed by atoms with Gasteiger partial charge in [0.25, 0.3) is 11.8 Å². The Labute approximate surface area is 309 Å². The smallest absolute Gasteiger partial charge is 0.274 e. The molecule has 7 rings (SSSR count). The molecular weight excluding hydrogens is 683 g/mol. The van der Waals surface area contributed by atoms with Gasteiger partial charge in [0.1, 0.15) is 11.4 Å². The zero-order valence-electron chi connectivity index (χ0n) is 28.9. The number of hydrogen-bond acceptors (Lipinski definition) is 7. The molecular formula is C40H44Cl2N6O3. The summed E-state index contributed by atoms with van der Waals surface area (Å²) in [7, 11) is 0. The average molecular weight is 728 g/mol. The number of rotatable bonds is 11. The molecule has 266 valence electrons. The number of carbonyl (C=O) groups is 2. The predicted octanol–water partition coefficient (Wildman–Crippen LogP) is 7.95. The van der Waals surface area contributed by atoms with E-state index < -0.39 is 0 Å². The van der Waals surface area contributed by atoms with Gasteiger partial charge in [0.15, 0.2) is 0 Å². The zero-order valence-corrected chi connectivity index (χ0v) is 30.4. The number of halogens is 2. The molecule has 2 aromatic heterocycles. The number of pyridine rings is 2. The van der Waals surface area contributed by atoms with Crippen LogP contribution in [0.25, 0.3) is 11.1 Å². The maximum Gasteiger partial charge on any atom is 0.274 e. The molecule has 2 amide bonds. The molecule has 2 aromatic carbocycles. The van der Waals surface area contributed by atoms with Gasteiger partial charge in [-0.3, -0.25) is 29.4 Å². The number of amides is 2. The first-order valence-electron chi connectivity index (χ1n) is 18.0.